The van der Waals surface area contributed by atoms with Crippen LogP contribution in [0.1, 0.15) is 35.7 Å². The van der Waals surface area contributed by atoms with Crippen molar-refractivity contribution in [3.63, 3.8) is 0 Å². The van der Waals surface area contributed by atoms with Gasteiger partial charge in [-0.3, -0.25) is 4.79 Å². The molecule has 0 atom stereocenters. The second-order valence-corrected chi connectivity index (χ2v) is 8.05. The van der Waals surface area contributed by atoms with E-state index in [0.29, 0.717) is 31.5 Å². The molecule has 0 unspecified atom stereocenters. The third kappa shape index (κ3) is 3.63. The van der Waals surface area contributed by atoms with Gasteiger partial charge in [0, 0.05) is 24.9 Å². The van der Waals surface area contributed by atoms with Crippen molar-refractivity contribution >= 4 is 15.7 Å². The number of likely N-dealkylation sites (tertiary alicyclic amines) is 1. The minimum Gasteiger partial charge on any atom is -0.390 e. The summed E-state index contributed by atoms with van der Waals surface area (Å²) in [5.74, 6) is -0.173. The van der Waals surface area contributed by atoms with Gasteiger partial charge in [0.25, 0.3) is 5.91 Å². The molecule has 1 aliphatic rings. The largest absolute Gasteiger partial charge is 0.390 e. The number of hydrogen-bond acceptors (Lipinski definition) is 4. The highest BCUT2D eigenvalue weighted by Crippen LogP contribution is 2.24. The molecule has 5 nitrogen and oxygen atoms in total. The van der Waals surface area contributed by atoms with E-state index in [1.54, 1.807) is 24.8 Å². The van der Waals surface area contributed by atoms with Gasteiger partial charge in [0.1, 0.15) is 0 Å². The lowest BCUT2D eigenvalue weighted by Gasteiger charge is -2.36. The first-order valence-corrected chi connectivity index (χ1v) is 8.82. The number of carbonyl (C=O) groups is 1. The molecule has 1 aromatic carbocycles. The Balaban J connectivity index is 2.28. The van der Waals surface area contributed by atoms with Crippen LogP contribution in [0.5, 0.6) is 0 Å². The summed E-state index contributed by atoms with van der Waals surface area (Å²) in [6.45, 7) is 4.52. The average Bonchev–Trinajstić information content (AvgIpc) is 2.37. The maximum Gasteiger partial charge on any atom is 0.254 e. The molecule has 1 amide bonds. The van der Waals surface area contributed by atoms with Gasteiger partial charge < -0.3 is 10.0 Å². The maximum atomic E-state index is 12.6. The Labute approximate surface area is 125 Å². The molecule has 1 aromatic rings. The van der Waals surface area contributed by atoms with Crippen LogP contribution in [0, 0.1) is 6.92 Å². The summed E-state index contributed by atoms with van der Waals surface area (Å²) in [5.41, 5.74) is 0.449. The number of benzene rings is 1. The number of aryl methyl sites for hydroxylation is 1. The summed E-state index contributed by atoms with van der Waals surface area (Å²) in [6, 6.07) is 4.62. The zero-order valence-corrected chi connectivity index (χ0v) is 13.4. The van der Waals surface area contributed by atoms with Crippen molar-refractivity contribution in [2.24, 2.45) is 0 Å². The van der Waals surface area contributed by atoms with E-state index in [1.807, 2.05) is 0 Å². The molecule has 1 N–H and O–H groups in total. The molecule has 1 aliphatic heterocycles. The van der Waals surface area contributed by atoms with Crippen LogP contribution in [0.4, 0.5) is 0 Å². The summed E-state index contributed by atoms with van der Waals surface area (Å²) >= 11 is 0. The second-order valence-electron chi connectivity index (χ2n) is 6.04. The Bertz CT molecular complexity index is 654. The van der Waals surface area contributed by atoms with E-state index in [1.165, 1.54) is 12.1 Å². The number of piperidine rings is 1. The van der Waals surface area contributed by atoms with Crippen molar-refractivity contribution in [2.45, 2.75) is 37.2 Å². The van der Waals surface area contributed by atoms with E-state index in [0.717, 1.165) is 11.8 Å². The number of amides is 1. The van der Waals surface area contributed by atoms with Crippen molar-refractivity contribution < 1.29 is 18.3 Å². The Kier molecular flexibility index (Phi) is 4.13. The molecule has 21 heavy (non-hydrogen) atoms. The fourth-order valence-corrected chi connectivity index (χ4v) is 3.07. The van der Waals surface area contributed by atoms with Crippen LogP contribution in [0.2, 0.25) is 0 Å². The minimum atomic E-state index is -3.34. The zero-order valence-electron chi connectivity index (χ0n) is 12.6. The maximum absolute atomic E-state index is 12.6. The molecule has 0 radical (unpaired) electrons. The van der Waals surface area contributed by atoms with Crippen LogP contribution in [-0.4, -0.2) is 49.3 Å². The van der Waals surface area contributed by atoms with Gasteiger partial charge in [-0.25, -0.2) is 8.42 Å². The van der Waals surface area contributed by atoms with Crippen LogP contribution in [-0.2, 0) is 9.84 Å². The van der Waals surface area contributed by atoms with Gasteiger partial charge in [0.15, 0.2) is 9.84 Å². The quantitative estimate of drug-likeness (QED) is 0.895. The molecule has 0 saturated carbocycles. The van der Waals surface area contributed by atoms with Gasteiger partial charge in [-0.1, -0.05) is 6.07 Å². The number of carbonyl (C=O) groups excluding carboxylic acids is 1. The lowest BCUT2D eigenvalue weighted by atomic mass is 9.93. The highest BCUT2D eigenvalue weighted by molar-refractivity contribution is 7.90. The molecule has 0 spiro atoms. The number of rotatable bonds is 2. The smallest absolute Gasteiger partial charge is 0.254 e. The van der Waals surface area contributed by atoms with E-state index in [9.17, 15) is 18.3 Å². The van der Waals surface area contributed by atoms with Gasteiger partial charge in [0.05, 0.1) is 10.5 Å². The summed E-state index contributed by atoms with van der Waals surface area (Å²) in [7, 11) is -3.34. The topological polar surface area (TPSA) is 74.7 Å². The van der Waals surface area contributed by atoms with Crippen molar-refractivity contribution in [1.29, 1.82) is 0 Å². The van der Waals surface area contributed by atoms with E-state index in [-0.39, 0.29) is 10.8 Å². The molecule has 0 aromatic heterocycles. The summed E-state index contributed by atoms with van der Waals surface area (Å²) in [4.78, 5) is 14.4. The Morgan fingerprint density at radius 3 is 2.38 bits per heavy atom. The number of aliphatic hydroxyl groups is 1. The van der Waals surface area contributed by atoms with Crippen molar-refractivity contribution in [3.05, 3.63) is 29.3 Å². The first-order valence-electron chi connectivity index (χ1n) is 6.92. The zero-order chi connectivity index (χ0) is 15.8. The molecule has 1 heterocycles. The van der Waals surface area contributed by atoms with Gasteiger partial charge in [-0.05, 0) is 44.4 Å². The van der Waals surface area contributed by atoms with Gasteiger partial charge in [0.2, 0.25) is 0 Å². The van der Waals surface area contributed by atoms with Crippen LogP contribution < -0.4 is 0 Å². The number of sulfone groups is 1. The Hall–Kier alpha value is -1.40. The van der Waals surface area contributed by atoms with Crippen LogP contribution in [0.3, 0.4) is 0 Å². The highest BCUT2D eigenvalue weighted by atomic mass is 32.2. The van der Waals surface area contributed by atoms with E-state index in [2.05, 4.69) is 0 Å². The molecule has 1 fully saturated rings. The second kappa shape index (κ2) is 5.42. The van der Waals surface area contributed by atoms with E-state index in [4.69, 9.17) is 0 Å². The van der Waals surface area contributed by atoms with Crippen LogP contribution in [0.15, 0.2) is 23.1 Å². The average molecular weight is 311 g/mol. The van der Waals surface area contributed by atoms with Gasteiger partial charge in [-0.15, -0.1) is 0 Å². The lowest BCUT2D eigenvalue weighted by Crippen LogP contribution is -2.45. The predicted octanol–water partition coefficient (Wildman–Crippen LogP) is 1.39. The number of nitrogens with zero attached hydrogens (tertiary/aromatic N) is 1. The first-order chi connectivity index (χ1) is 9.60. The van der Waals surface area contributed by atoms with Crippen LogP contribution in [0.25, 0.3) is 0 Å². The fourth-order valence-electron chi connectivity index (χ4n) is 2.42. The van der Waals surface area contributed by atoms with E-state index >= 15 is 0 Å². The van der Waals surface area contributed by atoms with E-state index < -0.39 is 15.4 Å². The van der Waals surface area contributed by atoms with Gasteiger partial charge in [-0.2, -0.15) is 0 Å². The molecular formula is C15H21NO4S. The summed E-state index contributed by atoms with van der Waals surface area (Å²) in [6.07, 6.45) is 2.19. The van der Waals surface area contributed by atoms with Gasteiger partial charge >= 0.3 is 0 Å². The van der Waals surface area contributed by atoms with Crippen molar-refractivity contribution in [1.82, 2.24) is 4.90 Å². The first kappa shape index (κ1) is 16.0. The summed E-state index contributed by atoms with van der Waals surface area (Å²) in [5, 5.41) is 9.93. The highest BCUT2D eigenvalue weighted by Gasteiger charge is 2.30. The Morgan fingerprint density at radius 2 is 1.86 bits per heavy atom. The fraction of sp³-hybridized carbons (Fsp3) is 0.533. The monoisotopic (exact) mass is 311 g/mol. The molecule has 6 heteroatoms. The molecule has 0 aliphatic carbocycles. The molecule has 0 bridgehead atoms. The van der Waals surface area contributed by atoms with Crippen LogP contribution >= 0.6 is 0 Å². The molecule has 2 rings (SSSR count). The Morgan fingerprint density at radius 1 is 1.29 bits per heavy atom. The molecule has 116 valence electrons. The SMILES string of the molecule is Cc1ccc(S(C)(=O)=O)cc1C(=O)N1CCC(C)(O)CC1. The lowest BCUT2D eigenvalue weighted by molar-refractivity contribution is -0.00204. The standard InChI is InChI=1S/C15H21NO4S/c1-11-4-5-12(21(3,19)20)10-13(11)14(17)16-8-6-15(2,18)7-9-16/h4-5,10,18H,6-9H2,1-3H3. The number of hydrogen-bond donors (Lipinski definition) is 1. The third-order valence-corrected chi connectivity index (χ3v) is 5.11. The predicted molar refractivity (Wildman–Crippen MR) is 80.1 cm³/mol. The minimum absolute atomic E-state index is 0.153. The molecular weight excluding hydrogens is 290 g/mol. The van der Waals surface area contributed by atoms with Crippen molar-refractivity contribution in [2.75, 3.05) is 19.3 Å². The molecule has 1 saturated heterocycles. The summed E-state index contributed by atoms with van der Waals surface area (Å²) < 4.78 is 23.2. The third-order valence-electron chi connectivity index (χ3n) is 4.00. The van der Waals surface area contributed by atoms with Crippen molar-refractivity contribution in [3.8, 4) is 0 Å². The normalized spacial score (nSPS) is 18.6.